The van der Waals surface area contributed by atoms with E-state index in [1.54, 1.807) is 0 Å². The van der Waals surface area contributed by atoms with Crippen LogP contribution in [0.4, 0.5) is 0 Å². The van der Waals surface area contributed by atoms with Gasteiger partial charge in [-0.25, -0.2) is 0 Å². The molecular weight excluding hydrogens is 462 g/mol. The molecule has 4 N–H and O–H groups in total. The SMILES string of the molecule is [Al]=[S].[Al]=[S].[Al]=[S].[Al]=[S].[Ba+2].[Mg+2].[OH-].[OH-].[OH-].[OH-]. The molecule has 0 rings (SSSR count). The first-order chi connectivity index (χ1) is 4.00. The minimum absolute atomic E-state index is 0. The van der Waals surface area contributed by atoms with Gasteiger partial charge in [0.25, 0.3) is 0 Å². The zero-order chi connectivity index (χ0) is 8.00. The van der Waals surface area contributed by atoms with E-state index in [2.05, 4.69) is 42.0 Å². The van der Waals surface area contributed by atoms with Crippen LogP contribution in [0.1, 0.15) is 0 Å². The molecule has 0 aliphatic heterocycles. The summed E-state index contributed by atoms with van der Waals surface area (Å²) in [5.41, 5.74) is 0. The molecule has 0 unspecified atom stereocenters. The summed E-state index contributed by atoms with van der Waals surface area (Å²) in [6.07, 6.45) is 0. The van der Waals surface area contributed by atoms with Gasteiger partial charge in [-0.05, 0) is 0 Å². The standard InChI is InChI=1S/4Al.Ba.Mg.4H2O.4S/h;;;;;;4*1H2;;;;/q;;;;2*+2;;;;;;;;/p-4. The summed E-state index contributed by atoms with van der Waals surface area (Å²) >= 11 is 8.00. The van der Waals surface area contributed by atoms with Crippen molar-refractivity contribution in [2.24, 2.45) is 0 Å². The average Bonchev–Trinajstić information content (AvgIpc) is 2.03. The smallest absolute Gasteiger partial charge is 0.870 e. The molecule has 0 fully saturated rings. The van der Waals surface area contributed by atoms with Gasteiger partial charge in [-0.2, -0.15) is 0 Å². The van der Waals surface area contributed by atoms with Crippen LogP contribution in [-0.4, -0.2) is 152 Å². The third-order valence-corrected chi connectivity index (χ3v) is 0. The fourth-order valence-electron chi connectivity index (χ4n) is 0. The maximum absolute atomic E-state index is 4.00. The quantitative estimate of drug-likeness (QED) is 0.443. The first-order valence-electron chi connectivity index (χ1n) is 0.943. The van der Waals surface area contributed by atoms with Crippen LogP contribution in [0.15, 0.2) is 0 Å². The van der Waals surface area contributed by atoms with Gasteiger partial charge in [-0.15, -0.1) is 0 Å². The molecule has 0 aliphatic rings. The molecule has 0 spiro atoms. The van der Waals surface area contributed by atoms with Crippen molar-refractivity contribution in [2.45, 2.75) is 0 Å². The molecule has 0 aromatic heterocycles. The summed E-state index contributed by atoms with van der Waals surface area (Å²) in [6.45, 7) is 0. The van der Waals surface area contributed by atoms with Crippen molar-refractivity contribution in [3.8, 4) is 0 Å². The monoisotopic (exact) mass is 466 g/mol. The minimum atomic E-state index is 0. The van der Waals surface area contributed by atoms with Crippen molar-refractivity contribution in [3.63, 3.8) is 0 Å². The molecule has 0 atom stereocenters. The minimum Gasteiger partial charge on any atom is -0.870 e. The van der Waals surface area contributed by atoms with Crippen molar-refractivity contribution >= 4 is 173 Å². The fourth-order valence-corrected chi connectivity index (χ4v) is 0. The van der Waals surface area contributed by atoms with Crippen molar-refractivity contribution in [1.29, 1.82) is 0 Å². The fraction of sp³-hybridized carbons (Fsp3) is 0. The van der Waals surface area contributed by atoms with E-state index in [9.17, 15) is 0 Å². The molecular formula is H4Al4BaMgO4S4. The molecule has 0 heterocycles. The van der Waals surface area contributed by atoms with E-state index >= 15 is 0 Å². The van der Waals surface area contributed by atoms with E-state index in [1.165, 1.54) is 0 Å². The predicted molar refractivity (Wildman–Crippen MR) is 72.6 cm³/mol. The van der Waals surface area contributed by atoms with Gasteiger partial charge in [0.2, 0.25) is 0 Å². The molecule has 0 aliphatic carbocycles. The normalized spacial score (nSPS) is 0.857. The van der Waals surface area contributed by atoms with Gasteiger partial charge >= 0.3 is 173 Å². The maximum atomic E-state index is 4.00. The Kier molecular flexibility index (Phi) is 1070. The zero-order valence-electron chi connectivity index (χ0n) is 7.15. The average molecular weight is 466 g/mol. The molecule has 14 heavy (non-hydrogen) atoms. The first kappa shape index (κ1) is 75.2. The van der Waals surface area contributed by atoms with E-state index < -0.39 is 0 Å². The Balaban J connectivity index is -0.00000000167. The summed E-state index contributed by atoms with van der Waals surface area (Å²) < 4.78 is 0. The van der Waals surface area contributed by atoms with Gasteiger partial charge in [0.05, 0.1) is 0 Å². The molecule has 0 amide bonds. The molecule has 0 saturated heterocycles. The Hall–Kier alpha value is 5.19. The van der Waals surface area contributed by atoms with Gasteiger partial charge in [-0.3, -0.25) is 0 Å². The van der Waals surface area contributed by atoms with Crippen LogP contribution in [-0.2, 0) is 0 Å². The Morgan fingerprint density at radius 1 is 0.429 bits per heavy atom. The van der Waals surface area contributed by atoms with E-state index in [0.717, 1.165) is 0 Å². The molecule has 14 heteroatoms. The van der Waals surface area contributed by atoms with Gasteiger partial charge in [0, 0.05) is 0 Å². The van der Waals surface area contributed by atoms with Gasteiger partial charge in [0.15, 0.2) is 0 Å². The van der Waals surface area contributed by atoms with Crippen LogP contribution in [0.5, 0.6) is 0 Å². The van der Waals surface area contributed by atoms with Crippen LogP contribution in [0.2, 0.25) is 0 Å². The summed E-state index contributed by atoms with van der Waals surface area (Å²) in [5.74, 6) is 0. The van der Waals surface area contributed by atoms with E-state index in [0.29, 0.717) is 0 Å². The second-order valence-corrected chi connectivity index (χ2v) is 0. The van der Waals surface area contributed by atoms with Crippen molar-refractivity contribution in [2.75, 3.05) is 0 Å². The van der Waals surface area contributed by atoms with Gasteiger partial charge < -0.3 is 21.9 Å². The zero-order valence-corrected chi connectivity index (χ0v) is 20.9. The van der Waals surface area contributed by atoms with E-state index in [1.807, 2.05) is 58.6 Å². The molecule has 4 nitrogen and oxygen atoms in total. The molecule has 0 bridgehead atoms. The molecule has 0 saturated carbocycles. The predicted octanol–water partition coefficient (Wildman–Crippen LogP) is -0.399. The van der Waals surface area contributed by atoms with Crippen LogP contribution >= 0.6 is 42.0 Å². The van der Waals surface area contributed by atoms with Crippen LogP contribution in [0, 0.1) is 0 Å². The van der Waals surface area contributed by atoms with E-state index in [4.69, 9.17) is 0 Å². The van der Waals surface area contributed by atoms with E-state index in [-0.39, 0.29) is 93.8 Å². The van der Waals surface area contributed by atoms with Gasteiger partial charge in [-0.1, -0.05) is 0 Å². The van der Waals surface area contributed by atoms with Crippen LogP contribution < -0.4 is 0 Å². The molecule has 0 aromatic rings. The number of rotatable bonds is 0. The summed E-state index contributed by atoms with van der Waals surface area (Å²) in [7, 11) is 16.0. The Morgan fingerprint density at radius 2 is 0.429 bits per heavy atom. The molecule has 4 radical (unpaired) electrons. The maximum Gasteiger partial charge on any atom is 2.00 e. The second kappa shape index (κ2) is 200. The van der Waals surface area contributed by atoms with Crippen molar-refractivity contribution in [3.05, 3.63) is 0 Å². The Labute approximate surface area is 190 Å². The first-order valence-corrected chi connectivity index (χ1v) is 8.49. The topological polar surface area (TPSA) is 120 Å². The molecule has 0 aromatic carbocycles. The van der Waals surface area contributed by atoms with Crippen molar-refractivity contribution in [1.82, 2.24) is 0 Å². The summed E-state index contributed by atoms with van der Waals surface area (Å²) in [5, 5.41) is 0. The third kappa shape index (κ3) is 167. The molecule has 68 valence electrons. The third-order valence-electron chi connectivity index (χ3n) is 0. The van der Waals surface area contributed by atoms with Crippen LogP contribution in [0.3, 0.4) is 0 Å². The Bertz CT molecular complexity index is 37.3. The Morgan fingerprint density at radius 3 is 0.429 bits per heavy atom. The summed E-state index contributed by atoms with van der Waals surface area (Å²) in [4.78, 5) is 0. The number of hydrogen-bond donors (Lipinski definition) is 0. The van der Waals surface area contributed by atoms with Gasteiger partial charge in [0.1, 0.15) is 0 Å². The number of hydrogen-bond acceptors (Lipinski definition) is 8. The largest absolute Gasteiger partial charge is 2.00 e. The summed E-state index contributed by atoms with van der Waals surface area (Å²) in [6, 6.07) is 0. The van der Waals surface area contributed by atoms with Crippen LogP contribution in [0.25, 0.3) is 0 Å². The second-order valence-electron chi connectivity index (χ2n) is 0. The van der Waals surface area contributed by atoms with Crippen molar-refractivity contribution < 1.29 is 21.9 Å².